The Kier molecular flexibility index (Phi) is 3.65. The van der Waals surface area contributed by atoms with Crippen LogP contribution in [-0.2, 0) is 0 Å². The van der Waals surface area contributed by atoms with Crippen LogP contribution in [0.15, 0.2) is 52.9 Å². The fourth-order valence-electron chi connectivity index (χ4n) is 2.65. The van der Waals surface area contributed by atoms with Crippen molar-refractivity contribution in [2.75, 3.05) is 0 Å². The summed E-state index contributed by atoms with van der Waals surface area (Å²) in [6, 6.07) is 15.8. The zero-order chi connectivity index (χ0) is 17.4. The van der Waals surface area contributed by atoms with E-state index in [1.165, 1.54) is 11.1 Å². The number of nitrogens with zero attached hydrogens (tertiary/aromatic N) is 5. The average Bonchev–Trinajstić information content (AvgIpc) is 3.25. The van der Waals surface area contributed by atoms with Crippen LogP contribution in [0.2, 0.25) is 0 Å². The molecule has 0 unspecified atom stereocenters. The number of aryl methyl sites for hydroxylation is 2. The minimum atomic E-state index is 0.367. The molecule has 0 spiro atoms. The molecule has 0 atom stereocenters. The van der Waals surface area contributed by atoms with Gasteiger partial charge in [-0.1, -0.05) is 29.5 Å². The van der Waals surface area contributed by atoms with Gasteiger partial charge in [-0.05, 0) is 56.2 Å². The van der Waals surface area contributed by atoms with Crippen LogP contribution >= 0.6 is 0 Å². The van der Waals surface area contributed by atoms with Gasteiger partial charge in [-0.2, -0.15) is 0 Å². The zero-order valence-corrected chi connectivity index (χ0v) is 14.3. The molecule has 0 aliphatic rings. The van der Waals surface area contributed by atoms with E-state index in [2.05, 4.69) is 46.5 Å². The van der Waals surface area contributed by atoms with Gasteiger partial charge in [-0.25, -0.2) is 4.68 Å². The molecular weight excluding hydrogens is 314 g/mol. The second-order valence-electron chi connectivity index (χ2n) is 5.98. The molecular formula is C19H17N5O. The smallest absolute Gasteiger partial charge is 0.270 e. The molecule has 25 heavy (non-hydrogen) atoms. The van der Waals surface area contributed by atoms with E-state index in [0.29, 0.717) is 17.5 Å². The Morgan fingerprint density at radius 1 is 0.800 bits per heavy atom. The Balaban J connectivity index is 1.72. The van der Waals surface area contributed by atoms with E-state index >= 15 is 0 Å². The van der Waals surface area contributed by atoms with Gasteiger partial charge in [0, 0.05) is 5.56 Å². The van der Waals surface area contributed by atoms with Crippen LogP contribution in [-0.4, -0.2) is 25.2 Å². The van der Waals surface area contributed by atoms with E-state index in [4.69, 9.17) is 4.42 Å². The van der Waals surface area contributed by atoms with Gasteiger partial charge in [-0.3, -0.25) is 0 Å². The Labute approximate surface area is 145 Å². The second-order valence-corrected chi connectivity index (χ2v) is 5.98. The van der Waals surface area contributed by atoms with Gasteiger partial charge in [-0.15, -0.1) is 15.3 Å². The fourth-order valence-corrected chi connectivity index (χ4v) is 2.65. The van der Waals surface area contributed by atoms with Crippen molar-refractivity contribution >= 4 is 0 Å². The number of hydrogen-bond donors (Lipinski definition) is 0. The summed E-state index contributed by atoms with van der Waals surface area (Å²) in [7, 11) is 0. The third kappa shape index (κ3) is 2.71. The number of rotatable bonds is 3. The summed E-state index contributed by atoms with van der Waals surface area (Å²) in [5.41, 5.74) is 5.73. The third-order valence-corrected chi connectivity index (χ3v) is 4.28. The molecule has 6 heteroatoms. The van der Waals surface area contributed by atoms with Gasteiger partial charge >= 0.3 is 0 Å². The molecule has 0 saturated heterocycles. The van der Waals surface area contributed by atoms with Crippen molar-refractivity contribution in [3.05, 3.63) is 65.4 Å². The summed E-state index contributed by atoms with van der Waals surface area (Å²) in [5.74, 6) is 0.835. The van der Waals surface area contributed by atoms with Gasteiger partial charge in [0.1, 0.15) is 0 Å². The van der Waals surface area contributed by atoms with Gasteiger partial charge < -0.3 is 4.42 Å². The SMILES string of the molecule is Cc1ccc(-n2nnc(-c3nnc(-c4ccccc4)o3)c2C)cc1C. The molecule has 2 aromatic carbocycles. The van der Waals surface area contributed by atoms with E-state index in [-0.39, 0.29) is 0 Å². The standard InChI is InChI=1S/C19H17N5O/c1-12-9-10-16(11-13(12)2)24-14(3)17(20-23-24)19-22-21-18(25-19)15-7-5-4-6-8-15/h4-11H,1-3H3. The molecule has 0 amide bonds. The van der Waals surface area contributed by atoms with Gasteiger partial charge in [0.25, 0.3) is 5.89 Å². The number of hydrogen-bond acceptors (Lipinski definition) is 5. The Hall–Kier alpha value is -3.28. The highest BCUT2D eigenvalue weighted by Gasteiger charge is 2.18. The maximum atomic E-state index is 5.79. The normalized spacial score (nSPS) is 11.0. The van der Waals surface area contributed by atoms with Crippen molar-refractivity contribution in [2.45, 2.75) is 20.8 Å². The first-order chi connectivity index (χ1) is 12.1. The second kappa shape index (κ2) is 5.98. The van der Waals surface area contributed by atoms with Gasteiger partial charge in [0.05, 0.1) is 11.4 Å². The summed E-state index contributed by atoms with van der Waals surface area (Å²) < 4.78 is 7.58. The molecule has 0 aliphatic carbocycles. The fraction of sp³-hybridized carbons (Fsp3) is 0.158. The van der Waals surface area contributed by atoms with E-state index in [1.807, 2.05) is 43.3 Å². The molecule has 0 fully saturated rings. The van der Waals surface area contributed by atoms with Crippen LogP contribution < -0.4 is 0 Å². The van der Waals surface area contributed by atoms with Crippen LogP contribution in [0.1, 0.15) is 16.8 Å². The first kappa shape index (κ1) is 15.3. The van der Waals surface area contributed by atoms with E-state index < -0.39 is 0 Å². The van der Waals surface area contributed by atoms with Crippen LogP contribution in [0.5, 0.6) is 0 Å². The Morgan fingerprint density at radius 3 is 2.32 bits per heavy atom. The maximum absolute atomic E-state index is 5.79. The molecule has 6 nitrogen and oxygen atoms in total. The molecule has 2 aromatic heterocycles. The molecule has 4 aromatic rings. The predicted molar refractivity (Wildman–Crippen MR) is 94.3 cm³/mol. The molecule has 0 saturated carbocycles. The van der Waals surface area contributed by atoms with Crippen LogP contribution in [0.25, 0.3) is 28.7 Å². The lowest BCUT2D eigenvalue weighted by Gasteiger charge is -2.06. The van der Waals surface area contributed by atoms with Crippen molar-refractivity contribution in [1.82, 2.24) is 25.2 Å². The van der Waals surface area contributed by atoms with Crippen molar-refractivity contribution in [2.24, 2.45) is 0 Å². The van der Waals surface area contributed by atoms with Crippen molar-refractivity contribution in [3.63, 3.8) is 0 Å². The van der Waals surface area contributed by atoms with E-state index in [0.717, 1.165) is 16.9 Å². The quantitative estimate of drug-likeness (QED) is 0.569. The monoisotopic (exact) mass is 331 g/mol. The zero-order valence-electron chi connectivity index (χ0n) is 14.3. The number of aromatic nitrogens is 5. The van der Waals surface area contributed by atoms with Crippen LogP contribution in [0.4, 0.5) is 0 Å². The van der Waals surface area contributed by atoms with Gasteiger partial charge in [0.15, 0.2) is 5.69 Å². The van der Waals surface area contributed by atoms with Crippen molar-refractivity contribution < 1.29 is 4.42 Å². The average molecular weight is 331 g/mol. The van der Waals surface area contributed by atoms with Crippen molar-refractivity contribution in [1.29, 1.82) is 0 Å². The number of benzene rings is 2. The minimum Gasteiger partial charge on any atom is -0.414 e. The van der Waals surface area contributed by atoms with E-state index in [1.54, 1.807) is 4.68 Å². The molecule has 4 rings (SSSR count). The topological polar surface area (TPSA) is 69.6 Å². The molecule has 0 bridgehead atoms. The summed E-state index contributed by atoms with van der Waals surface area (Å²) in [6.45, 7) is 6.11. The predicted octanol–water partition coefficient (Wildman–Crippen LogP) is 3.91. The molecule has 0 N–H and O–H groups in total. The largest absolute Gasteiger partial charge is 0.414 e. The lowest BCUT2D eigenvalue weighted by atomic mass is 10.1. The Bertz CT molecular complexity index is 1030. The van der Waals surface area contributed by atoms with Crippen molar-refractivity contribution in [3.8, 4) is 28.7 Å². The van der Waals surface area contributed by atoms with Crippen LogP contribution in [0.3, 0.4) is 0 Å². The first-order valence-electron chi connectivity index (χ1n) is 8.02. The summed E-state index contributed by atoms with van der Waals surface area (Å²) in [6.07, 6.45) is 0. The lowest BCUT2D eigenvalue weighted by molar-refractivity contribution is 0.581. The van der Waals surface area contributed by atoms with E-state index in [9.17, 15) is 0 Å². The first-order valence-corrected chi connectivity index (χ1v) is 8.02. The van der Waals surface area contributed by atoms with Crippen LogP contribution in [0, 0.1) is 20.8 Å². The van der Waals surface area contributed by atoms with Gasteiger partial charge in [0.2, 0.25) is 5.89 Å². The molecule has 124 valence electrons. The molecule has 2 heterocycles. The maximum Gasteiger partial charge on any atom is 0.270 e. The minimum absolute atomic E-state index is 0.367. The lowest BCUT2D eigenvalue weighted by Crippen LogP contribution is -2.00. The Morgan fingerprint density at radius 2 is 1.56 bits per heavy atom. The summed E-state index contributed by atoms with van der Waals surface area (Å²) in [4.78, 5) is 0. The highest BCUT2D eigenvalue weighted by molar-refractivity contribution is 5.57. The summed E-state index contributed by atoms with van der Waals surface area (Å²) >= 11 is 0. The molecule has 0 aliphatic heterocycles. The summed E-state index contributed by atoms with van der Waals surface area (Å²) in [5, 5.41) is 16.7. The highest BCUT2D eigenvalue weighted by Crippen LogP contribution is 2.25. The highest BCUT2D eigenvalue weighted by atomic mass is 16.4. The molecule has 0 radical (unpaired) electrons. The third-order valence-electron chi connectivity index (χ3n) is 4.28.